The second kappa shape index (κ2) is 6.08. The van der Waals surface area contributed by atoms with Crippen molar-refractivity contribution in [2.75, 3.05) is 0 Å². The van der Waals surface area contributed by atoms with Crippen LogP contribution in [0.1, 0.15) is 23.4 Å². The molecule has 1 aromatic heterocycles. The molecule has 19 heavy (non-hydrogen) atoms. The first-order valence-electron chi connectivity index (χ1n) is 6.17. The molecule has 0 saturated heterocycles. The van der Waals surface area contributed by atoms with Gasteiger partial charge in [-0.2, -0.15) is 0 Å². The lowest BCUT2D eigenvalue weighted by Gasteiger charge is -2.04. The van der Waals surface area contributed by atoms with Crippen molar-refractivity contribution in [3.63, 3.8) is 0 Å². The summed E-state index contributed by atoms with van der Waals surface area (Å²) in [7, 11) is 0. The number of carboxylic acids is 1. The Balaban J connectivity index is 1.96. The molecule has 0 bridgehead atoms. The number of nitrogens with zero attached hydrogens (tertiary/aromatic N) is 4. The molecule has 0 aliphatic rings. The molecular weight excluding hydrogens is 244 g/mol. The summed E-state index contributed by atoms with van der Waals surface area (Å²) in [5.74, 6) is -0.122. The van der Waals surface area contributed by atoms with Gasteiger partial charge in [0.2, 0.25) is 0 Å². The number of hydrogen-bond donors (Lipinski definition) is 1. The monoisotopic (exact) mass is 260 g/mol. The average molecular weight is 260 g/mol. The van der Waals surface area contributed by atoms with E-state index in [0.29, 0.717) is 13.0 Å². The number of carboxylic acid groups (broad SMARTS) is 1. The van der Waals surface area contributed by atoms with Crippen LogP contribution in [0.3, 0.4) is 0 Å². The zero-order chi connectivity index (χ0) is 13.7. The van der Waals surface area contributed by atoms with Crippen LogP contribution in [0.25, 0.3) is 0 Å². The number of aliphatic carboxylic acids is 1. The highest BCUT2D eigenvalue weighted by Crippen LogP contribution is 2.07. The Bertz CT molecular complexity index is 565. The fourth-order valence-corrected chi connectivity index (χ4v) is 1.90. The van der Waals surface area contributed by atoms with Gasteiger partial charge in [0, 0.05) is 6.42 Å². The second-order valence-electron chi connectivity index (χ2n) is 4.45. The number of aromatic nitrogens is 4. The summed E-state index contributed by atoms with van der Waals surface area (Å²) in [6, 6.07) is 8.28. The fraction of sp³-hybridized carbons (Fsp3) is 0.385. The second-order valence-corrected chi connectivity index (χ2v) is 4.45. The van der Waals surface area contributed by atoms with E-state index in [-0.39, 0.29) is 6.42 Å². The number of aryl methyl sites for hydroxylation is 4. The number of hydrogen-bond acceptors (Lipinski definition) is 4. The Morgan fingerprint density at radius 1 is 1.37 bits per heavy atom. The zero-order valence-electron chi connectivity index (χ0n) is 10.8. The molecule has 1 N–H and O–H groups in total. The lowest BCUT2D eigenvalue weighted by Crippen LogP contribution is -2.10. The van der Waals surface area contributed by atoms with Crippen molar-refractivity contribution < 1.29 is 9.90 Å². The van der Waals surface area contributed by atoms with Crippen LogP contribution in [-0.4, -0.2) is 31.3 Å². The van der Waals surface area contributed by atoms with E-state index in [2.05, 4.69) is 40.6 Å². The Morgan fingerprint density at radius 3 is 2.95 bits per heavy atom. The summed E-state index contributed by atoms with van der Waals surface area (Å²) in [6.45, 7) is 2.37. The molecule has 2 aromatic rings. The van der Waals surface area contributed by atoms with Gasteiger partial charge in [0.15, 0.2) is 5.82 Å². The van der Waals surface area contributed by atoms with E-state index in [1.54, 1.807) is 4.68 Å². The third-order valence-corrected chi connectivity index (χ3v) is 2.86. The lowest BCUT2D eigenvalue weighted by atomic mass is 10.1. The Hall–Kier alpha value is -2.24. The highest BCUT2D eigenvalue weighted by Gasteiger charge is 2.08. The van der Waals surface area contributed by atoms with Crippen molar-refractivity contribution >= 4 is 5.97 Å². The number of carbonyl (C=O) groups is 1. The van der Waals surface area contributed by atoms with Gasteiger partial charge in [0.25, 0.3) is 0 Å². The molecule has 0 saturated carbocycles. The first-order valence-corrected chi connectivity index (χ1v) is 6.17. The van der Waals surface area contributed by atoms with Crippen LogP contribution in [-0.2, 0) is 24.2 Å². The maximum Gasteiger partial charge on any atom is 0.305 e. The molecule has 100 valence electrons. The molecule has 6 heteroatoms. The SMILES string of the molecule is Cc1cccc(CCc2nnnn2CCC(=O)O)c1. The van der Waals surface area contributed by atoms with Crippen LogP contribution in [0.15, 0.2) is 24.3 Å². The summed E-state index contributed by atoms with van der Waals surface area (Å²) in [5, 5.41) is 20.0. The first kappa shape index (κ1) is 13.2. The molecule has 6 nitrogen and oxygen atoms in total. The number of benzene rings is 1. The summed E-state index contributed by atoms with van der Waals surface area (Å²) in [5.41, 5.74) is 2.45. The third kappa shape index (κ3) is 3.87. The van der Waals surface area contributed by atoms with Crippen molar-refractivity contribution in [1.82, 2.24) is 20.2 Å². The van der Waals surface area contributed by atoms with Gasteiger partial charge in [-0.05, 0) is 29.3 Å². The minimum absolute atomic E-state index is 0.0302. The first-order chi connectivity index (χ1) is 9.15. The molecule has 0 aliphatic carbocycles. The maximum absolute atomic E-state index is 10.5. The van der Waals surface area contributed by atoms with Crippen LogP contribution >= 0.6 is 0 Å². The molecule has 0 aliphatic heterocycles. The van der Waals surface area contributed by atoms with Crippen LogP contribution in [0.5, 0.6) is 0 Å². The summed E-state index contributed by atoms with van der Waals surface area (Å²) < 4.78 is 1.56. The van der Waals surface area contributed by atoms with Gasteiger partial charge in [-0.15, -0.1) is 5.10 Å². The predicted molar refractivity (Wildman–Crippen MR) is 68.7 cm³/mol. The van der Waals surface area contributed by atoms with E-state index >= 15 is 0 Å². The summed E-state index contributed by atoms with van der Waals surface area (Å²) in [4.78, 5) is 10.5. The van der Waals surface area contributed by atoms with Gasteiger partial charge in [0.1, 0.15) is 0 Å². The standard InChI is InChI=1S/C13H16N4O2/c1-10-3-2-4-11(9-10)5-6-12-14-15-16-17(12)8-7-13(18)19/h2-4,9H,5-8H2,1H3,(H,18,19). The molecule has 0 atom stereocenters. The molecule has 2 rings (SSSR count). The molecule has 1 aromatic carbocycles. The van der Waals surface area contributed by atoms with Gasteiger partial charge < -0.3 is 5.11 Å². The largest absolute Gasteiger partial charge is 0.481 e. The van der Waals surface area contributed by atoms with Crippen molar-refractivity contribution in [3.8, 4) is 0 Å². The quantitative estimate of drug-likeness (QED) is 0.845. The van der Waals surface area contributed by atoms with E-state index in [1.165, 1.54) is 11.1 Å². The van der Waals surface area contributed by atoms with E-state index in [9.17, 15) is 4.79 Å². The van der Waals surface area contributed by atoms with Crippen LogP contribution in [0.4, 0.5) is 0 Å². The molecule has 0 spiro atoms. The molecule has 0 radical (unpaired) electrons. The summed E-state index contributed by atoms with van der Waals surface area (Å²) >= 11 is 0. The average Bonchev–Trinajstić information content (AvgIpc) is 2.81. The molecule has 0 fully saturated rings. The number of rotatable bonds is 6. The van der Waals surface area contributed by atoms with Crippen molar-refractivity contribution in [3.05, 3.63) is 41.2 Å². The highest BCUT2D eigenvalue weighted by atomic mass is 16.4. The Kier molecular flexibility index (Phi) is 4.22. The fourth-order valence-electron chi connectivity index (χ4n) is 1.90. The smallest absolute Gasteiger partial charge is 0.305 e. The van der Waals surface area contributed by atoms with E-state index in [1.807, 2.05) is 6.07 Å². The van der Waals surface area contributed by atoms with Crippen LogP contribution in [0, 0.1) is 6.92 Å². The van der Waals surface area contributed by atoms with E-state index in [0.717, 1.165) is 12.2 Å². The van der Waals surface area contributed by atoms with Gasteiger partial charge in [0.05, 0.1) is 13.0 Å². The predicted octanol–water partition coefficient (Wildman–Crippen LogP) is 1.24. The minimum atomic E-state index is -0.847. The summed E-state index contributed by atoms with van der Waals surface area (Å²) in [6.07, 6.45) is 1.58. The lowest BCUT2D eigenvalue weighted by molar-refractivity contribution is -0.137. The minimum Gasteiger partial charge on any atom is -0.481 e. The molecule has 1 heterocycles. The normalized spacial score (nSPS) is 10.6. The number of tetrazole rings is 1. The Morgan fingerprint density at radius 2 is 2.21 bits per heavy atom. The van der Waals surface area contributed by atoms with Crippen molar-refractivity contribution in [1.29, 1.82) is 0 Å². The van der Waals surface area contributed by atoms with Crippen LogP contribution < -0.4 is 0 Å². The van der Waals surface area contributed by atoms with Gasteiger partial charge in [-0.3, -0.25) is 4.79 Å². The van der Waals surface area contributed by atoms with Crippen LogP contribution in [0.2, 0.25) is 0 Å². The van der Waals surface area contributed by atoms with E-state index in [4.69, 9.17) is 5.11 Å². The molecule has 0 unspecified atom stereocenters. The van der Waals surface area contributed by atoms with E-state index < -0.39 is 5.97 Å². The van der Waals surface area contributed by atoms with Gasteiger partial charge in [-0.25, -0.2) is 4.68 Å². The van der Waals surface area contributed by atoms with Crippen molar-refractivity contribution in [2.24, 2.45) is 0 Å². The molecular formula is C13H16N4O2. The molecule has 0 amide bonds. The van der Waals surface area contributed by atoms with Gasteiger partial charge in [-0.1, -0.05) is 29.8 Å². The van der Waals surface area contributed by atoms with Gasteiger partial charge >= 0.3 is 5.97 Å². The highest BCUT2D eigenvalue weighted by molar-refractivity contribution is 5.66. The topological polar surface area (TPSA) is 80.9 Å². The Labute approximate surface area is 111 Å². The maximum atomic E-state index is 10.5. The zero-order valence-corrected chi connectivity index (χ0v) is 10.8. The van der Waals surface area contributed by atoms with Crippen molar-refractivity contribution in [2.45, 2.75) is 32.7 Å². The third-order valence-electron chi connectivity index (χ3n) is 2.86.